The van der Waals surface area contributed by atoms with Crippen LogP contribution in [-0.4, -0.2) is 59.3 Å². The van der Waals surface area contributed by atoms with Crippen molar-refractivity contribution in [2.75, 3.05) is 6.54 Å². The van der Waals surface area contributed by atoms with E-state index in [0.717, 1.165) is 11.1 Å². The third-order valence-corrected chi connectivity index (χ3v) is 4.46. The number of hydrogen-bond acceptors (Lipinski definition) is 6. The first kappa shape index (κ1) is 25.2. The Bertz CT molecular complexity index is 871. The van der Waals surface area contributed by atoms with Gasteiger partial charge in [0.2, 0.25) is 7.85 Å². The van der Waals surface area contributed by atoms with Gasteiger partial charge in [0.1, 0.15) is 11.4 Å². The van der Waals surface area contributed by atoms with Crippen LogP contribution < -0.4 is 10.7 Å². The Morgan fingerprint density at radius 1 is 1.06 bits per heavy atom. The van der Waals surface area contributed by atoms with Gasteiger partial charge in [0, 0.05) is 13.1 Å². The van der Waals surface area contributed by atoms with Crippen molar-refractivity contribution in [3.8, 4) is 5.75 Å². The lowest BCUT2D eigenvalue weighted by molar-refractivity contribution is 0.0156. The van der Waals surface area contributed by atoms with Crippen LogP contribution in [0.5, 0.6) is 5.75 Å². The van der Waals surface area contributed by atoms with E-state index < -0.39 is 29.6 Å². The molecule has 0 unspecified atom stereocenters. The quantitative estimate of drug-likeness (QED) is 0.353. The number of amides is 2. The second-order valence-corrected chi connectivity index (χ2v) is 8.53. The summed E-state index contributed by atoms with van der Waals surface area (Å²) in [6.45, 7) is 5.46. The van der Waals surface area contributed by atoms with Crippen LogP contribution in [0.2, 0.25) is 0 Å². The molecule has 2 aromatic rings. The van der Waals surface area contributed by atoms with E-state index in [1.54, 1.807) is 32.9 Å². The average Bonchev–Trinajstić information content (AvgIpc) is 2.68. The number of rotatable bonds is 9. The van der Waals surface area contributed by atoms with Gasteiger partial charge in [0.25, 0.3) is 0 Å². The fraction of sp³-hybridized carbons (Fsp3) is 0.391. The minimum atomic E-state index is -1.06. The van der Waals surface area contributed by atoms with E-state index >= 15 is 0 Å². The number of aliphatic hydroxyl groups is 1. The van der Waals surface area contributed by atoms with Crippen LogP contribution in [0.1, 0.15) is 31.9 Å². The number of ether oxygens (including phenoxy) is 1. The lowest BCUT2D eigenvalue weighted by Crippen LogP contribution is -2.53. The highest BCUT2D eigenvalue weighted by Gasteiger charge is 2.25. The maximum absolute atomic E-state index is 12.3. The number of nitrogens with one attached hydrogen (secondary N) is 2. The van der Waals surface area contributed by atoms with Crippen molar-refractivity contribution in [2.24, 2.45) is 0 Å². The third kappa shape index (κ3) is 9.41. The van der Waals surface area contributed by atoms with Gasteiger partial charge in [0.15, 0.2) is 5.81 Å². The van der Waals surface area contributed by atoms with Crippen molar-refractivity contribution in [2.45, 2.75) is 51.5 Å². The minimum Gasteiger partial charge on any atom is -0.508 e. The van der Waals surface area contributed by atoms with E-state index in [0.29, 0.717) is 6.42 Å². The monoisotopic (exact) mass is 439 g/mol. The molecule has 0 aromatic heterocycles. The molecular formula is C23H30BN3O5. The molecule has 0 saturated carbocycles. The Balaban J connectivity index is 2.16. The first-order valence-corrected chi connectivity index (χ1v) is 10.3. The molecule has 2 aromatic carbocycles. The number of hydrazine groups is 1. The van der Waals surface area contributed by atoms with Crippen LogP contribution in [0, 0.1) is 0 Å². The summed E-state index contributed by atoms with van der Waals surface area (Å²) < 4.78 is 5.32. The summed E-state index contributed by atoms with van der Waals surface area (Å²) in [5.74, 6) is -0.635. The molecule has 0 aliphatic carbocycles. The van der Waals surface area contributed by atoms with E-state index in [-0.39, 0.29) is 18.8 Å². The fourth-order valence-electron chi connectivity index (χ4n) is 3.09. The first-order valence-electron chi connectivity index (χ1n) is 10.3. The zero-order chi connectivity index (χ0) is 23.7. The SMILES string of the molecule is [B]C(=O)N[C@H](Cc1ccccc1)[C@H](O)CN(Cc1ccc(O)cc1)NC(=O)OC(C)(C)C. The van der Waals surface area contributed by atoms with Gasteiger partial charge in [-0.25, -0.2) is 9.80 Å². The summed E-state index contributed by atoms with van der Waals surface area (Å²) in [7, 11) is 5.32. The number of nitrogens with zero attached hydrogens (tertiary/aromatic N) is 1. The minimum absolute atomic E-state index is 0.0160. The highest BCUT2D eigenvalue weighted by Crippen LogP contribution is 2.14. The van der Waals surface area contributed by atoms with Gasteiger partial charge in [-0.3, -0.25) is 10.2 Å². The molecule has 2 amide bonds. The van der Waals surface area contributed by atoms with Crippen LogP contribution in [0.25, 0.3) is 0 Å². The Labute approximate surface area is 190 Å². The molecule has 170 valence electrons. The van der Waals surface area contributed by atoms with Crippen LogP contribution in [0.3, 0.4) is 0 Å². The molecule has 9 heteroatoms. The van der Waals surface area contributed by atoms with Crippen molar-refractivity contribution in [3.63, 3.8) is 0 Å². The normalized spacial score (nSPS) is 13.3. The Hall–Kier alpha value is -3.04. The molecule has 2 atom stereocenters. The summed E-state index contributed by atoms with van der Waals surface area (Å²) in [4.78, 5) is 23.9. The summed E-state index contributed by atoms with van der Waals surface area (Å²) in [6.07, 6.45) is -1.38. The summed E-state index contributed by atoms with van der Waals surface area (Å²) >= 11 is 0. The van der Waals surface area contributed by atoms with Gasteiger partial charge < -0.3 is 20.3 Å². The lowest BCUT2D eigenvalue weighted by atomic mass is 9.99. The highest BCUT2D eigenvalue weighted by atomic mass is 16.6. The van der Waals surface area contributed by atoms with Gasteiger partial charge in [-0.2, -0.15) is 0 Å². The molecule has 8 nitrogen and oxygen atoms in total. The van der Waals surface area contributed by atoms with E-state index in [1.165, 1.54) is 17.1 Å². The van der Waals surface area contributed by atoms with Crippen molar-refractivity contribution in [3.05, 3.63) is 65.7 Å². The lowest BCUT2D eigenvalue weighted by Gasteiger charge is -2.31. The Morgan fingerprint density at radius 2 is 1.69 bits per heavy atom. The topological polar surface area (TPSA) is 111 Å². The van der Waals surface area contributed by atoms with Crippen LogP contribution in [0.15, 0.2) is 54.6 Å². The standard InChI is InChI=1S/C23H30BN3O5/c1-23(2,3)32-22(31)26-27(14-17-9-11-18(28)12-10-17)15-20(29)19(25-21(24)30)13-16-7-5-4-6-8-16/h4-12,19-20,28-29H,13-15H2,1-3H3,(H,25,30)(H,26,31)/t19-,20-/m1/s1. The largest absolute Gasteiger partial charge is 0.508 e. The molecule has 0 fully saturated rings. The predicted octanol–water partition coefficient (Wildman–Crippen LogP) is 2.48. The molecule has 0 aliphatic heterocycles. The smallest absolute Gasteiger partial charge is 0.422 e. The Kier molecular flexibility index (Phi) is 9.10. The molecule has 2 radical (unpaired) electrons. The number of benzene rings is 2. The number of carbonyl (C=O) groups excluding carboxylic acids is 2. The second kappa shape index (κ2) is 11.5. The molecule has 2 rings (SSSR count). The number of carbonyl (C=O) groups is 2. The van der Waals surface area contributed by atoms with Crippen LogP contribution >= 0.6 is 0 Å². The maximum Gasteiger partial charge on any atom is 0.422 e. The zero-order valence-corrected chi connectivity index (χ0v) is 18.6. The van der Waals surface area contributed by atoms with E-state index in [4.69, 9.17) is 12.6 Å². The molecule has 0 spiro atoms. The van der Waals surface area contributed by atoms with Crippen molar-refractivity contribution >= 4 is 19.7 Å². The molecular weight excluding hydrogens is 409 g/mol. The molecule has 0 heterocycles. The average molecular weight is 439 g/mol. The van der Waals surface area contributed by atoms with Gasteiger partial charge in [0.05, 0.1) is 12.1 Å². The first-order chi connectivity index (χ1) is 15.0. The van der Waals surface area contributed by atoms with Gasteiger partial charge >= 0.3 is 6.09 Å². The fourth-order valence-corrected chi connectivity index (χ4v) is 3.09. The number of aromatic hydroxyl groups is 1. The van der Waals surface area contributed by atoms with E-state index in [2.05, 4.69) is 10.7 Å². The van der Waals surface area contributed by atoms with Crippen molar-refractivity contribution in [1.82, 2.24) is 15.8 Å². The Morgan fingerprint density at radius 3 is 2.25 bits per heavy atom. The second-order valence-electron chi connectivity index (χ2n) is 8.53. The molecule has 0 saturated heterocycles. The number of hydrogen-bond donors (Lipinski definition) is 4. The van der Waals surface area contributed by atoms with Crippen molar-refractivity contribution in [1.29, 1.82) is 0 Å². The number of aliphatic hydroxyl groups excluding tert-OH is 1. The summed E-state index contributed by atoms with van der Waals surface area (Å²) in [6, 6.07) is 15.2. The zero-order valence-electron chi connectivity index (χ0n) is 18.6. The van der Waals surface area contributed by atoms with Crippen LogP contribution in [-0.2, 0) is 17.7 Å². The third-order valence-electron chi connectivity index (χ3n) is 4.46. The van der Waals surface area contributed by atoms with Crippen LogP contribution in [0.4, 0.5) is 9.59 Å². The maximum atomic E-state index is 12.3. The molecule has 32 heavy (non-hydrogen) atoms. The summed E-state index contributed by atoms with van der Waals surface area (Å²) in [5, 5.41) is 24.5. The van der Waals surface area contributed by atoms with Gasteiger partial charge in [-0.15, -0.1) is 0 Å². The predicted molar refractivity (Wildman–Crippen MR) is 122 cm³/mol. The summed E-state index contributed by atoms with van der Waals surface area (Å²) in [5.41, 5.74) is 3.65. The number of phenolic OH excluding ortho intramolecular Hbond substituents is 1. The van der Waals surface area contributed by atoms with E-state index in [9.17, 15) is 19.8 Å². The molecule has 4 N–H and O–H groups in total. The van der Waals surface area contributed by atoms with E-state index in [1.807, 2.05) is 30.3 Å². The van der Waals surface area contributed by atoms with Crippen molar-refractivity contribution < 1.29 is 24.5 Å². The molecule has 0 bridgehead atoms. The highest BCUT2D eigenvalue weighted by molar-refractivity contribution is 6.57. The van der Waals surface area contributed by atoms with Gasteiger partial charge in [-0.05, 0) is 50.5 Å². The number of phenols is 1. The van der Waals surface area contributed by atoms with Gasteiger partial charge in [-0.1, -0.05) is 42.5 Å². The molecule has 0 aliphatic rings.